The number of benzene rings is 1. The molecule has 0 unspecified atom stereocenters. The molecular formula is C13H16ClN3. The SMILES string of the molecule is CC(C)c1c(C2CC2)c(Cl)cc2[nH]nc(N)c12. The Bertz CT molecular complexity index is 582. The number of aromatic nitrogens is 2. The zero-order valence-corrected chi connectivity index (χ0v) is 10.8. The Morgan fingerprint density at radius 2 is 2.18 bits per heavy atom. The van der Waals surface area contributed by atoms with E-state index in [0.717, 1.165) is 15.9 Å². The minimum absolute atomic E-state index is 0.409. The summed E-state index contributed by atoms with van der Waals surface area (Å²) in [5, 5.41) is 8.96. The predicted molar refractivity (Wildman–Crippen MR) is 71.6 cm³/mol. The van der Waals surface area contributed by atoms with Gasteiger partial charge >= 0.3 is 0 Å². The highest BCUT2D eigenvalue weighted by Gasteiger charge is 2.31. The van der Waals surface area contributed by atoms with Crippen LogP contribution in [0.25, 0.3) is 10.9 Å². The van der Waals surface area contributed by atoms with E-state index in [0.29, 0.717) is 17.7 Å². The summed E-state index contributed by atoms with van der Waals surface area (Å²) in [6.45, 7) is 4.37. The van der Waals surface area contributed by atoms with Gasteiger partial charge in [-0.1, -0.05) is 25.4 Å². The van der Waals surface area contributed by atoms with E-state index < -0.39 is 0 Å². The number of aromatic amines is 1. The van der Waals surface area contributed by atoms with Gasteiger partial charge < -0.3 is 5.73 Å². The third-order valence-corrected chi connectivity index (χ3v) is 3.79. The van der Waals surface area contributed by atoms with Crippen LogP contribution in [0.5, 0.6) is 0 Å². The van der Waals surface area contributed by atoms with Crippen LogP contribution in [0.1, 0.15) is 49.7 Å². The first-order valence-electron chi connectivity index (χ1n) is 6.05. The number of rotatable bonds is 2. The summed E-state index contributed by atoms with van der Waals surface area (Å²) in [4.78, 5) is 0. The van der Waals surface area contributed by atoms with Crippen molar-refractivity contribution in [2.75, 3.05) is 5.73 Å². The number of H-pyrrole nitrogens is 1. The quantitative estimate of drug-likeness (QED) is 0.851. The fraction of sp³-hybridized carbons (Fsp3) is 0.462. The molecular weight excluding hydrogens is 234 g/mol. The largest absolute Gasteiger partial charge is 0.382 e. The van der Waals surface area contributed by atoms with Gasteiger partial charge in [-0.05, 0) is 41.9 Å². The van der Waals surface area contributed by atoms with E-state index in [9.17, 15) is 0 Å². The molecule has 3 N–H and O–H groups in total. The van der Waals surface area contributed by atoms with Crippen LogP contribution in [0.3, 0.4) is 0 Å². The molecule has 1 heterocycles. The van der Waals surface area contributed by atoms with Gasteiger partial charge in [0.1, 0.15) is 0 Å². The summed E-state index contributed by atoms with van der Waals surface area (Å²) in [5.74, 6) is 1.62. The molecule has 1 aromatic heterocycles. The maximum absolute atomic E-state index is 6.41. The monoisotopic (exact) mass is 249 g/mol. The molecule has 3 nitrogen and oxygen atoms in total. The van der Waals surface area contributed by atoms with Gasteiger partial charge in [0.05, 0.1) is 5.52 Å². The minimum atomic E-state index is 0.409. The Hall–Kier alpha value is -1.22. The van der Waals surface area contributed by atoms with Crippen molar-refractivity contribution >= 4 is 28.3 Å². The molecule has 3 rings (SSSR count). The van der Waals surface area contributed by atoms with Crippen molar-refractivity contribution in [3.8, 4) is 0 Å². The Morgan fingerprint density at radius 3 is 2.76 bits per heavy atom. The predicted octanol–water partition coefficient (Wildman–Crippen LogP) is 3.80. The molecule has 17 heavy (non-hydrogen) atoms. The van der Waals surface area contributed by atoms with E-state index in [2.05, 4.69) is 24.0 Å². The third-order valence-electron chi connectivity index (χ3n) is 3.47. The Morgan fingerprint density at radius 1 is 1.47 bits per heavy atom. The molecule has 1 aliphatic rings. The average molecular weight is 250 g/mol. The van der Waals surface area contributed by atoms with Crippen LogP contribution in [-0.4, -0.2) is 10.2 Å². The maximum atomic E-state index is 6.41. The topological polar surface area (TPSA) is 54.7 Å². The summed E-state index contributed by atoms with van der Waals surface area (Å²) in [6, 6.07) is 1.96. The van der Waals surface area contributed by atoms with Crippen molar-refractivity contribution in [1.82, 2.24) is 10.2 Å². The fourth-order valence-electron chi connectivity index (χ4n) is 2.61. The lowest BCUT2D eigenvalue weighted by Crippen LogP contribution is -1.99. The van der Waals surface area contributed by atoms with Gasteiger partial charge in [0.25, 0.3) is 0 Å². The smallest absolute Gasteiger partial charge is 0.153 e. The normalized spacial score (nSPS) is 16.0. The van der Waals surface area contributed by atoms with Gasteiger partial charge in [0.2, 0.25) is 0 Å². The Kier molecular flexibility index (Phi) is 2.33. The van der Waals surface area contributed by atoms with E-state index in [1.807, 2.05) is 6.07 Å². The number of fused-ring (bicyclic) bond motifs is 1. The summed E-state index contributed by atoms with van der Waals surface area (Å²) in [5.41, 5.74) is 9.49. The number of nitrogen functional groups attached to an aromatic ring is 1. The summed E-state index contributed by atoms with van der Waals surface area (Å²) in [7, 11) is 0. The molecule has 0 radical (unpaired) electrons. The molecule has 2 aromatic rings. The van der Waals surface area contributed by atoms with Crippen molar-refractivity contribution in [2.24, 2.45) is 0 Å². The van der Waals surface area contributed by atoms with Crippen molar-refractivity contribution < 1.29 is 0 Å². The maximum Gasteiger partial charge on any atom is 0.153 e. The van der Waals surface area contributed by atoms with Crippen molar-refractivity contribution in [1.29, 1.82) is 0 Å². The lowest BCUT2D eigenvalue weighted by molar-refractivity contribution is 0.852. The number of halogens is 1. The molecule has 0 spiro atoms. The van der Waals surface area contributed by atoms with Gasteiger partial charge in [-0.2, -0.15) is 5.10 Å². The van der Waals surface area contributed by atoms with Crippen molar-refractivity contribution in [2.45, 2.75) is 38.5 Å². The van der Waals surface area contributed by atoms with Gasteiger partial charge in [0.15, 0.2) is 5.82 Å². The Balaban J connectivity index is 2.40. The molecule has 0 saturated heterocycles. The molecule has 1 aromatic carbocycles. The second-order valence-electron chi connectivity index (χ2n) is 5.15. The fourth-order valence-corrected chi connectivity index (χ4v) is 2.98. The zero-order chi connectivity index (χ0) is 12.2. The molecule has 0 bridgehead atoms. The van der Waals surface area contributed by atoms with Gasteiger partial charge in [-0.25, -0.2) is 0 Å². The number of nitrogens with one attached hydrogen (secondary N) is 1. The molecule has 1 fully saturated rings. The first-order valence-corrected chi connectivity index (χ1v) is 6.43. The highest BCUT2D eigenvalue weighted by molar-refractivity contribution is 6.32. The first-order chi connectivity index (χ1) is 8.09. The van der Waals surface area contributed by atoms with Gasteiger partial charge in [0, 0.05) is 10.4 Å². The minimum Gasteiger partial charge on any atom is -0.382 e. The highest BCUT2D eigenvalue weighted by Crippen LogP contribution is 2.49. The molecule has 0 aliphatic heterocycles. The number of nitrogens with two attached hydrogens (primary N) is 1. The van der Waals surface area contributed by atoms with E-state index in [4.69, 9.17) is 17.3 Å². The first kappa shape index (κ1) is 10.9. The van der Waals surface area contributed by atoms with E-state index in [1.54, 1.807) is 0 Å². The number of anilines is 1. The second kappa shape index (κ2) is 3.64. The lowest BCUT2D eigenvalue weighted by atomic mass is 9.91. The number of nitrogens with zero attached hydrogens (tertiary/aromatic N) is 1. The molecule has 1 saturated carbocycles. The van der Waals surface area contributed by atoms with Crippen LogP contribution in [0.15, 0.2) is 6.07 Å². The molecule has 0 atom stereocenters. The third kappa shape index (κ3) is 1.61. The number of hydrogen-bond donors (Lipinski definition) is 2. The van der Waals surface area contributed by atoms with E-state index in [-0.39, 0.29) is 0 Å². The van der Waals surface area contributed by atoms with Crippen molar-refractivity contribution in [3.05, 3.63) is 22.2 Å². The molecule has 1 aliphatic carbocycles. The summed E-state index contributed by atoms with van der Waals surface area (Å²) < 4.78 is 0. The van der Waals surface area contributed by atoms with E-state index >= 15 is 0 Å². The lowest BCUT2D eigenvalue weighted by Gasteiger charge is -2.16. The number of hydrogen-bond acceptors (Lipinski definition) is 2. The van der Waals surface area contributed by atoms with Crippen LogP contribution in [0, 0.1) is 0 Å². The highest BCUT2D eigenvalue weighted by atomic mass is 35.5. The van der Waals surface area contributed by atoms with Crippen LogP contribution < -0.4 is 5.73 Å². The second-order valence-corrected chi connectivity index (χ2v) is 5.55. The van der Waals surface area contributed by atoms with Crippen LogP contribution in [-0.2, 0) is 0 Å². The van der Waals surface area contributed by atoms with Crippen LogP contribution >= 0.6 is 11.6 Å². The Labute approximate surface area is 105 Å². The van der Waals surface area contributed by atoms with E-state index in [1.165, 1.54) is 24.0 Å². The molecule has 4 heteroatoms. The van der Waals surface area contributed by atoms with Crippen LogP contribution in [0.4, 0.5) is 5.82 Å². The summed E-state index contributed by atoms with van der Waals surface area (Å²) >= 11 is 6.41. The standard InChI is InChI=1S/C13H16ClN3/c1-6(2)10-11(7-3-4-7)8(14)5-9-12(10)13(15)17-16-9/h5-7H,3-4H2,1-2H3,(H3,15,16,17). The average Bonchev–Trinajstić information content (AvgIpc) is 3.03. The van der Waals surface area contributed by atoms with Gasteiger partial charge in [-0.3, -0.25) is 5.10 Å². The van der Waals surface area contributed by atoms with Crippen LogP contribution in [0.2, 0.25) is 5.02 Å². The molecule has 90 valence electrons. The summed E-state index contributed by atoms with van der Waals surface area (Å²) in [6.07, 6.45) is 2.48. The van der Waals surface area contributed by atoms with Crippen molar-refractivity contribution in [3.63, 3.8) is 0 Å². The molecule has 0 amide bonds. The van der Waals surface area contributed by atoms with Gasteiger partial charge in [-0.15, -0.1) is 0 Å². The zero-order valence-electron chi connectivity index (χ0n) is 10.0.